The first-order valence-corrected chi connectivity index (χ1v) is 8.70. The predicted octanol–water partition coefficient (Wildman–Crippen LogP) is 5.15. The zero-order valence-electron chi connectivity index (χ0n) is 14.6. The quantitative estimate of drug-likeness (QED) is 0.784. The van der Waals surface area contributed by atoms with Crippen molar-refractivity contribution in [2.75, 3.05) is 0 Å². The Balaban J connectivity index is 1.93. The van der Waals surface area contributed by atoms with Crippen LogP contribution in [-0.4, -0.2) is 16.8 Å². The van der Waals surface area contributed by atoms with E-state index in [1.54, 1.807) is 12.1 Å². The molecule has 4 atom stereocenters. The van der Waals surface area contributed by atoms with Crippen LogP contribution in [0.5, 0.6) is 11.5 Å². The molecular formula is C20H28O3. The molecule has 0 spiro atoms. The number of aromatic hydroxyl groups is 1. The molecule has 0 bridgehead atoms. The van der Waals surface area contributed by atoms with E-state index in [1.807, 2.05) is 6.07 Å². The fourth-order valence-electron chi connectivity index (χ4n) is 3.95. The van der Waals surface area contributed by atoms with Gasteiger partial charge in [-0.2, -0.15) is 0 Å². The van der Waals surface area contributed by atoms with Gasteiger partial charge in [-0.3, -0.25) is 0 Å². The molecule has 0 saturated carbocycles. The topological polar surface area (TPSA) is 38.7 Å². The molecule has 0 unspecified atom stereocenters. The van der Waals surface area contributed by atoms with E-state index in [1.165, 1.54) is 5.57 Å². The number of hydrogen-bond donors (Lipinski definition) is 1. The zero-order valence-corrected chi connectivity index (χ0v) is 14.6. The van der Waals surface area contributed by atoms with Gasteiger partial charge in [0.15, 0.2) is 0 Å². The van der Waals surface area contributed by atoms with Crippen molar-refractivity contribution >= 4 is 0 Å². The summed E-state index contributed by atoms with van der Waals surface area (Å²) < 4.78 is 12.7. The monoisotopic (exact) mass is 316 g/mol. The van der Waals surface area contributed by atoms with Gasteiger partial charge in [-0.05, 0) is 65.5 Å². The molecule has 2 aliphatic heterocycles. The van der Waals surface area contributed by atoms with Gasteiger partial charge in [0.1, 0.15) is 17.1 Å². The van der Waals surface area contributed by atoms with Gasteiger partial charge in [0.25, 0.3) is 0 Å². The first-order chi connectivity index (χ1) is 10.9. The van der Waals surface area contributed by atoms with Crippen LogP contribution in [0.4, 0.5) is 0 Å². The maximum absolute atomic E-state index is 9.83. The molecule has 2 heterocycles. The fraction of sp³-hybridized carbons (Fsp3) is 0.600. The van der Waals surface area contributed by atoms with Crippen molar-refractivity contribution in [3.63, 3.8) is 0 Å². The molecule has 0 radical (unpaired) electrons. The lowest BCUT2D eigenvalue weighted by Crippen LogP contribution is -2.50. The molecule has 1 N–H and O–H groups in total. The van der Waals surface area contributed by atoms with E-state index in [2.05, 4.69) is 33.8 Å². The largest absolute Gasteiger partial charge is 0.508 e. The van der Waals surface area contributed by atoms with E-state index in [9.17, 15) is 5.11 Å². The lowest BCUT2D eigenvalue weighted by atomic mass is 9.72. The highest BCUT2D eigenvalue weighted by atomic mass is 16.5. The molecule has 1 aromatic carbocycles. The number of hydrogen-bond acceptors (Lipinski definition) is 3. The summed E-state index contributed by atoms with van der Waals surface area (Å²) in [6.45, 7) is 8.61. The highest BCUT2D eigenvalue weighted by Crippen LogP contribution is 2.52. The number of phenolic OH excluding ortho intramolecular Hbond substituents is 1. The van der Waals surface area contributed by atoms with Gasteiger partial charge in [-0.25, -0.2) is 0 Å². The fourth-order valence-corrected chi connectivity index (χ4v) is 3.95. The molecule has 1 aromatic rings. The smallest absolute Gasteiger partial charge is 0.129 e. The van der Waals surface area contributed by atoms with Crippen molar-refractivity contribution in [2.24, 2.45) is 5.92 Å². The molecule has 3 heteroatoms. The van der Waals surface area contributed by atoms with Gasteiger partial charge in [-0.1, -0.05) is 11.6 Å². The Hall–Kier alpha value is -1.48. The SMILES string of the molecule is CC(C)=CCC[C@]1(C)Oc2cc(O)ccc2[C@@H]2O[C@H](C)CC[C@H]21. The lowest BCUT2D eigenvalue weighted by molar-refractivity contribution is -0.152. The predicted molar refractivity (Wildman–Crippen MR) is 91.8 cm³/mol. The van der Waals surface area contributed by atoms with E-state index >= 15 is 0 Å². The van der Waals surface area contributed by atoms with Crippen LogP contribution < -0.4 is 4.74 Å². The first-order valence-electron chi connectivity index (χ1n) is 8.70. The Morgan fingerprint density at radius 2 is 2.13 bits per heavy atom. The molecule has 0 amide bonds. The maximum atomic E-state index is 9.83. The van der Waals surface area contributed by atoms with Crippen molar-refractivity contribution in [2.45, 2.75) is 71.2 Å². The second-order valence-corrected chi connectivity index (χ2v) is 7.51. The van der Waals surface area contributed by atoms with Gasteiger partial charge in [-0.15, -0.1) is 0 Å². The summed E-state index contributed by atoms with van der Waals surface area (Å²) in [7, 11) is 0. The number of rotatable bonds is 3. The molecule has 1 saturated heterocycles. The van der Waals surface area contributed by atoms with E-state index < -0.39 is 0 Å². The molecule has 3 rings (SSSR count). The van der Waals surface area contributed by atoms with Crippen LogP contribution in [0.3, 0.4) is 0 Å². The first kappa shape index (κ1) is 16.4. The number of fused-ring (bicyclic) bond motifs is 3. The highest BCUT2D eigenvalue weighted by molar-refractivity contribution is 5.44. The van der Waals surface area contributed by atoms with Gasteiger partial charge < -0.3 is 14.6 Å². The molecule has 126 valence electrons. The Labute approximate surface area is 139 Å². The Morgan fingerprint density at radius 1 is 1.35 bits per heavy atom. The second-order valence-electron chi connectivity index (χ2n) is 7.51. The third kappa shape index (κ3) is 3.25. The summed E-state index contributed by atoms with van der Waals surface area (Å²) >= 11 is 0. The number of allylic oxidation sites excluding steroid dienone is 2. The molecule has 23 heavy (non-hydrogen) atoms. The van der Waals surface area contributed by atoms with E-state index in [4.69, 9.17) is 9.47 Å². The maximum Gasteiger partial charge on any atom is 0.129 e. The molecule has 3 nitrogen and oxygen atoms in total. The molecule has 0 aliphatic carbocycles. The Kier molecular flexibility index (Phi) is 4.41. The van der Waals surface area contributed by atoms with Gasteiger partial charge >= 0.3 is 0 Å². The Morgan fingerprint density at radius 3 is 2.87 bits per heavy atom. The third-order valence-electron chi connectivity index (χ3n) is 5.25. The average Bonchev–Trinajstić information content (AvgIpc) is 2.46. The van der Waals surface area contributed by atoms with E-state index in [0.717, 1.165) is 37.0 Å². The summed E-state index contributed by atoms with van der Waals surface area (Å²) in [4.78, 5) is 0. The Bertz CT molecular complexity index is 603. The molecule has 2 aliphatic rings. The second kappa shape index (κ2) is 6.20. The standard InChI is InChI=1S/C20H28O3/c1-13(2)6-5-11-20(4)17-10-7-14(3)22-19(17)16-9-8-15(21)12-18(16)23-20/h6,8-9,12,14,17,19,21H,5,7,10-11H2,1-4H3/t14-,17-,19+,20+/m1/s1. The van der Waals surface area contributed by atoms with Crippen LogP contribution in [0.15, 0.2) is 29.8 Å². The van der Waals surface area contributed by atoms with Crippen LogP contribution in [0.2, 0.25) is 0 Å². The summed E-state index contributed by atoms with van der Waals surface area (Å²) in [5, 5.41) is 9.83. The summed E-state index contributed by atoms with van der Waals surface area (Å²) in [5.74, 6) is 1.39. The van der Waals surface area contributed by atoms with Crippen molar-refractivity contribution in [3.8, 4) is 11.5 Å². The van der Waals surface area contributed by atoms with E-state index in [0.29, 0.717) is 5.92 Å². The minimum absolute atomic E-state index is 0.0693. The van der Waals surface area contributed by atoms with Crippen LogP contribution in [0.25, 0.3) is 0 Å². The summed E-state index contributed by atoms with van der Waals surface area (Å²) in [6.07, 6.45) is 6.79. The molecular weight excluding hydrogens is 288 g/mol. The van der Waals surface area contributed by atoms with Crippen LogP contribution in [-0.2, 0) is 4.74 Å². The van der Waals surface area contributed by atoms with Gasteiger partial charge in [0.2, 0.25) is 0 Å². The zero-order chi connectivity index (χ0) is 16.6. The van der Waals surface area contributed by atoms with Gasteiger partial charge in [0, 0.05) is 17.5 Å². The highest BCUT2D eigenvalue weighted by Gasteiger charge is 2.49. The average molecular weight is 316 g/mol. The van der Waals surface area contributed by atoms with E-state index in [-0.39, 0.29) is 23.6 Å². The normalized spacial score (nSPS) is 32.4. The minimum atomic E-state index is -0.252. The number of ether oxygens (including phenoxy) is 2. The summed E-state index contributed by atoms with van der Waals surface area (Å²) in [6, 6.07) is 5.41. The van der Waals surface area contributed by atoms with Crippen molar-refractivity contribution in [3.05, 3.63) is 35.4 Å². The minimum Gasteiger partial charge on any atom is -0.508 e. The molecule has 0 aromatic heterocycles. The van der Waals surface area contributed by atoms with Crippen molar-refractivity contribution < 1.29 is 14.6 Å². The van der Waals surface area contributed by atoms with Crippen LogP contribution >= 0.6 is 0 Å². The number of phenols is 1. The molecule has 1 fully saturated rings. The van der Waals surface area contributed by atoms with Gasteiger partial charge in [0.05, 0.1) is 12.2 Å². The van der Waals surface area contributed by atoms with Crippen LogP contribution in [0.1, 0.15) is 65.0 Å². The lowest BCUT2D eigenvalue weighted by Gasteiger charge is -2.50. The van der Waals surface area contributed by atoms with Crippen molar-refractivity contribution in [1.82, 2.24) is 0 Å². The summed E-state index contributed by atoms with van der Waals surface area (Å²) in [5.41, 5.74) is 2.17. The van der Waals surface area contributed by atoms with Crippen LogP contribution in [0, 0.1) is 5.92 Å². The number of benzene rings is 1. The van der Waals surface area contributed by atoms with Crippen molar-refractivity contribution in [1.29, 1.82) is 0 Å². The third-order valence-corrected chi connectivity index (χ3v) is 5.25.